The molecule has 17 heavy (non-hydrogen) atoms. The van der Waals surface area contributed by atoms with Crippen LogP contribution in [0.15, 0.2) is 18.2 Å². The molecule has 0 amide bonds. The smallest absolute Gasteiger partial charge is 0.137 e. The molecule has 1 aromatic rings. The van der Waals surface area contributed by atoms with Crippen molar-refractivity contribution in [1.82, 2.24) is 5.32 Å². The van der Waals surface area contributed by atoms with Gasteiger partial charge in [-0.1, -0.05) is 31.5 Å². The van der Waals surface area contributed by atoms with Crippen LogP contribution in [0.1, 0.15) is 31.7 Å². The van der Waals surface area contributed by atoms with Crippen LogP contribution in [0.3, 0.4) is 0 Å². The van der Waals surface area contributed by atoms with Gasteiger partial charge < -0.3 is 10.1 Å². The highest BCUT2D eigenvalue weighted by molar-refractivity contribution is 6.32. The van der Waals surface area contributed by atoms with E-state index in [0.29, 0.717) is 11.8 Å². The number of ether oxygens (including phenoxy) is 1. The van der Waals surface area contributed by atoms with Crippen LogP contribution in [-0.4, -0.2) is 19.7 Å². The molecule has 94 valence electrons. The molecular weight excluding hydrogens is 234 g/mol. The van der Waals surface area contributed by atoms with Gasteiger partial charge in [0.05, 0.1) is 11.6 Å². The summed E-state index contributed by atoms with van der Waals surface area (Å²) in [7, 11) is 0. The minimum atomic E-state index is 0.501. The summed E-state index contributed by atoms with van der Waals surface area (Å²) in [5.74, 6) is 1.93. The summed E-state index contributed by atoms with van der Waals surface area (Å²) in [6.45, 7) is 7.25. The highest BCUT2D eigenvalue weighted by Gasteiger charge is 2.15. The van der Waals surface area contributed by atoms with Crippen LogP contribution in [0, 0.1) is 5.92 Å². The van der Waals surface area contributed by atoms with E-state index in [1.165, 1.54) is 12.0 Å². The zero-order valence-electron chi connectivity index (χ0n) is 10.5. The molecule has 1 aliphatic heterocycles. The summed E-state index contributed by atoms with van der Waals surface area (Å²) in [5.41, 5.74) is 1.25. The van der Waals surface area contributed by atoms with Crippen LogP contribution in [-0.2, 0) is 0 Å². The zero-order valence-corrected chi connectivity index (χ0v) is 11.3. The fourth-order valence-corrected chi connectivity index (χ4v) is 2.30. The van der Waals surface area contributed by atoms with Crippen LogP contribution in [0.4, 0.5) is 0 Å². The first-order chi connectivity index (χ1) is 8.16. The van der Waals surface area contributed by atoms with Crippen LogP contribution < -0.4 is 10.1 Å². The molecule has 1 aromatic carbocycles. The highest BCUT2D eigenvalue weighted by Crippen LogP contribution is 2.29. The first-order valence-corrected chi connectivity index (χ1v) is 6.67. The third-order valence-electron chi connectivity index (χ3n) is 3.26. The third-order valence-corrected chi connectivity index (χ3v) is 3.55. The molecule has 3 heteroatoms. The summed E-state index contributed by atoms with van der Waals surface area (Å²) in [4.78, 5) is 0. The lowest BCUT2D eigenvalue weighted by Gasteiger charge is -2.13. The van der Waals surface area contributed by atoms with Crippen LogP contribution in [0.5, 0.6) is 5.75 Å². The van der Waals surface area contributed by atoms with Crippen molar-refractivity contribution in [2.45, 2.75) is 26.2 Å². The predicted molar refractivity (Wildman–Crippen MR) is 72.0 cm³/mol. The Labute approximate surface area is 108 Å². The van der Waals surface area contributed by atoms with Gasteiger partial charge in [0.1, 0.15) is 5.75 Å². The molecule has 1 aliphatic rings. The summed E-state index contributed by atoms with van der Waals surface area (Å²) in [6.07, 6.45) is 1.20. The first-order valence-electron chi connectivity index (χ1n) is 6.30. The van der Waals surface area contributed by atoms with Crippen LogP contribution >= 0.6 is 11.6 Å². The van der Waals surface area contributed by atoms with E-state index in [1.807, 2.05) is 12.1 Å². The maximum atomic E-state index is 6.22. The van der Waals surface area contributed by atoms with E-state index in [-0.39, 0.29) is 0 Å². The highest BCUT2D eigenvalue weighted by atomic mass is 35.5. The van der Waals surface area contributed by atoms with Crippen molar-refractivity contribution >= 4 is 11.6 Å². The Kier molecular flexibility index (Phi) is 4.30. The van der Waals surface area contributed by atoms with Gasteiger partial charge in [0.15, 0.2) is 0 Å². The molecule has 1 atom stereocenters. The monoisotopic (exact) mass is 253 g/mol. The topological polar surface area (TPSA) is 21.3 Å². The Morgan fingerprint density at radius 3 is 2.88 bits per heavy atom. The molecule has 1 heterocycles. The van der Waals surface area contributed by atoms with E-state index in [2.05, 4.69) is 25.2 Å². The van der Waals surface area contributed by atoms with Gasteiger partial charge in [0.2, 0.25) is 0 Å². The Balaban J connectivity index is 1.96. The fourth-order valence-electron chi connectivity index (χ4n) is 2.06. The van der Waals surface area contributed by atoms with Gasteiger partial charge in [-0.05, 0) is 36.6 Å². The SMILES string of the molecule is CC(C)c1ccc(OC[C@H]2CCNC2)c(Cl)c1. The predicted octanol–water partition coefficient (Wildman–Crippen LogP) is 3.45. The molecule has 0 bridgehead atoms. The maximum absolute atomic E-state index is 6.22. The average molecular weight is 254 g/mol. The van der Waals surface area contributed by atoms with Gasteiger partial charge in [-0.2, -0.15) is 0 Å². The number of hydrogen-bond acceptors (Lipinski definition) is 2. The van der Waals surface area contributed by atoms with Gasteiger partial charge in [-0.3, -0.25) is 0 Å². The quantitative estimate of drug-likeness (QED) is 0.888. The van der Waals surface area contributed by atoms with Crippen molar-refractivity contribution in [1.29, 1.82) is 0 Å². The Bertz CT molecular complexity index is 372. The Hall–Kier alpha value is -0.730. The second-order valence-electron chi connectivity index (χ2n) is 5.01. The number of hydrogen-bond donors (Lipinski definition) is 1. The lowest BCUT2D eigenvalue weighted by atomic mass is 10.0. The molecule has 0 radical (unpaired) electrons. The van der Waals surface area contributed by atoms with Gasteiger partial charge >= 0.3 is 0 Å². The summed E-state index contributed by atoms with van der Waals surface area (Å²) in [6, 6.07) is 6.09. The van der Waals surface area contributed by atoms with Gasteiger partial charge in [0, 0.05) is 12.5 Å². The van der Waals surface area contributed by atoms with Crippen molar-refractivity contribution < 1.29 is 4.74 Å². The van der Waals surface area contributed by atoms with E-state index < -0.39 is 0 Å². The lowest BCUT2D eigenvalue weighted by Crippen LogP contribution is -2.15. The van der Waals surface area contributed by atoms with Gasteiger partial charge in [-0.25, -0.2) is 0 Å². The van der Waals surface area contributed by atoms with Crippen molar-refractivity contribution in [2.24, 2.45) is 5.92 Å². The number of rotatable bonds is 4. The summed E-state index contributed by atoms with van der Waals surface area (Å²) < 4.78 is 5.78. The molecule has 0 saturated carbocycles. The molecule has 2 nitrogen and oxygen atoms in total. The van der Waals surface area contributed by atoms with E-state index >= 15 is 0 Å². The molecule has 2 rings (SSSR count). The van der Waals surface area contributed by atoms with E-state index in [4.69, 9.17) is 16.3 Å². The molecular formula is C14H20ClNO. The van der Waals surface area contributed by atoms with Crippen molar-refractivity contribution in [3.63, 3.8) is 0 Å². The normalized spacial score (nSPS) is 19.9. The standard InChI is InChI=1S/C14H20ClNO/c1-10(2)12-3-4-14(13(15)7-12)17-9-11-5-6-16-8-11/h3-4,7,10-11,16H,5-6,8-9H2,1-2H3/t11-/m0/s1. The molecule has 0 unspecified atom stereocenters. The molecule has 1 saturated heterocycles. The fraction of sp³-hybridized carbons (Fsp3) is 0.571. The van der Waals surface area contributed by atoms with Crippen molar-refractivity contribution in [3.8, 4) is 5.75 Å². The lowest BCUT2D eigenvalue weighted by molar-refractivity contribution is 0.260. The molecule has 0 aliphatic carbocycles. The molecule has 1 N–H and O–H groups in total. The van der Waals surface area contributed by atoms with Crippen LogP contribution in [0.25, 0.3) is 0 Å². The Morgan fingerprint density at radius 1 is 1.47 bits per heavy atom. The molecule has 0 aromatic heterocycles. The van der Waals surface area contributed by atoms with Crippen molar-refractivity contribution in [3.05, 3.63) is 28.8 Å². The second kappa shape index (κ2) is 5.74. The van der Waals surface area contributed by atoms with E-state index in [9.17, 15) is 0 Å². The number of benzene rings is 1. The van der Waals surface area contributed by atoms with Crippen molar-refractivity contribution in [2.75, 3.05) is 19.7 Å². The Morgan fingerprint density at radius 2 is 2.29 bits per heavy atom. The number of halogens is 1. The average Bonchev–Trinajstić information content (AvgIpc) is 2.80. The third kappa shape index (κ3) is 3.36. The maximum Gasteiger partial charge on any atom is 0.137 e. The number of nitrogens with one attached hydrogen (secondary N) is 1. The minimum absolute atomic E-state index is 0.501. The molecule has 0 spiro atoms. The summed E-state index contributed by atoms with van der Waals surface area (Å²) >= 11 is 6.22. The van der Waals surface area contributed by atoms with Crippen LogP contribution in [0.2, 0.25) is 5.02 Å². The second-order valence-corrected chi connectivity index (χ2v) is 5.42. The van der Waals surface area contributed by atoms with Gasteiger partial charge in [-0.15, -0.1) is 0 Å². The van der Waals surface area contributed by atoms with Gasteiger partial charge in [0.25, 0.3) is 0 Å². The van der Waals surface area contributed by atoms with E-state index in [1.54, 1.807) is 0 Å². The zero-order chi connectivity index (χ0) is 12.3. The van der Waals surface area contributed by atoms with E-state index in [0.717, 1.165) is 30.5 Å². The molecule has 1 fully saturated rings. The summed E-state index contributed by atoms with van der Waals surface area (Å²) in [5, 5.41) is 4.06. The largest absolute Gasteiger partial charge is 0.492 e. The minimum Gasteiger partial charge on any atom is -0.492 e. The first kappa shape index (κ1) is 12.7.